The molecule has 1 aromatic heterocycles. The molecule has 0 radical (unpaired) electrons. The van der Waals surface area contributed by atoms with Crippen LogP contribution in [0.4, 0.5) is 13.2 Å². The van der Waals surface area contributed by atoms with Gasteiger partial charge in [0.15, 0.2) is 0 Å². The van der Waals surface area contributed by atoms with Gasteiger partial charge < -0.3 is 9.72 Å². The molecule has 0 spiro atoms. The predicted molar refractivity (Wildman–Crippen MR) is 47.6 cm³/mol. The molecule has 2 aromatic rings. The SMILES string of the molecule is COc1nc2ccc(C(F)(F)F)cc2[nH]1. The van der Waals surface area contributed by atoms with Gasteiger partial charge in [-0.3, -0.25) is 0 Å². The zero-order valence-corrected chi connectivity index (χ0v) is 7.72. The van der Waals surface area contributed by atoms with Crippen molar-refractivity contribution in [1.82, 2.24) is 9.97 Å². The van der Waals surface area contributed by atoms with Gasteiger partial charge in [-0.15, -0.1) is 0 Å². The molecule has 1 N–H and O–H groups in total. The third kappa shape index (κ3) is 1.74. The van der Waals surface area contributed by atoms with E-state index in [0.717, 1.165) is 12.1 Å². The summed E-state index contributed by atoms with van der Waals surface area (Å²) < 4.78 is 41.8. The fraction of sp³-hybridized carbons (Fsp3) is 0.222. The summed E-state index contributed by atoms with van der Waals surface area (Å²) in [5, 5.41) is 0. The molecule has 0 saturated heterocycles. The number of halogens is 3. The number of methoxy groups -OCH3 is 1. The lowest BCUT2D eigenvalue weighted by atomic mass is 10.2. The molecular formula is C9H7F3N2O. The number of imidazole rings is 1. The number of hydrogen-bond donors (Lipinski definition) is 1. The van der Waals surface area contributed by atoms with Gasteiger partial charge in [0.1, 0.15) is 0 Å². The Balaban J connectivity index is 2.55. The largest absolute Gasteiger partial charge is 0.468 e. The summed E-state index contributed by atoms with van der Waals surface area (Å²) in [6, 6.07) is 3.49. The Morgan fingerprint density at radius 1 is 1.33 bits per heavy atom. The van der Waals surface area contributed by atoms with Crippen LogP contribution in [0.25, 0.3) is 11.0 Å². The number of rotatable bonds is 1. The first kappa shape index (κ1) is 9.82. The molecule has 0 bridgehead atoms. The number of ether oxygens (including phenoxy) is 1. The second-order valence-corrected chi connectivity index (χ2v) is 2.98. The fourth-order valence-electron chi connectivity index (χ4n) is 1.26. The van der Waals surface area contributed by atoms with Crippen molar-refractivity contribution in [3.63, 3.8) is 0 Å². The van der Waals surface area contributed by atoms with Gasteiger partial charge in [-0.25, -0.2) is 0 Å². The molecule has 1 heterocycles. The highest BCUT2D eigenvalue weighted by atomic mass is 19.4. The van der Waals surface area contributed by atoms with Gasteiger partial charge in [-0.1, -0.05) is 0 Å². The molecule has 80 valence electrons. The van der Waals surface area contributed by atoms with Crippen LogP contribution in [0.15, 0.2) is 18.2 Å². The van der Waals surface area contributed by atoms with E-state index in [1.165, 1.54) is 13.2 Å². The predicted octanol–water partition coefficient (Wildman–Crippen LogP) is 2.59. The highest BCUT2D eigenvalue weighted by Gasteiger charge is 2.30. The maximum Gasteiger partial charge on any atom is 0.416 e. The van der Waals surface area contributed by atoms with Gasteiger partial charge >= 0.3 is 6.18 Å². The van der Waals surface area contributed by atoms with Crippen molar-refractivity contribution in [2.24, 2.45) is 0 Å². The van der Waals surface area contributed by atoms with E-state index in [-0.39, 0.29) is 6.01 Å². The Morgan fingerprint density at radius 3 is 2.67 bits per heavy atom. The van der Waals surface area contributed by atoms with E-state index >= 15 is 0 Å². The number of hydrogen-bond acceptors (Lipinski definition) is 2. The minimum atomic E-state index is -4.34. The Hall–Kier alpha value is -1.72. The second-order valence-electron chi connectivity index (χ2n) is 2.98. The van der Waals surface area contributed by atoms with Gasteiger partial charge in [0.05, 0.1) is 23.7 Å². The normalized spacial score (nSPS) is 12.0. The molecule has 6 heteroatoms. The van der Waals surface area contributed by atoms with E-state index in [2.05, 4.69) is 9.97 Å². The summed E-state index contributed by atoms with van der Waals surface area (Å²) in [5.41, 5.74) is 0.0443. The highest BCUT2D eigenvalue weighted by molar-refractivity contribution is 5.76. The number of H-pyrrole nitrogens is 1. The van der Waals surface area contributed by atoms with Crippen molar-refractivity contribution in [1.29, 1.82) is 0 Å². The first-order chi connectivity index (χ1) is 7.00. The van der Waals surface area contributed by atoms with Crippen LogP contribution in [0.5, 0.6) is 6.01 Å². The van der Waals surface area contributed by atoms with Gasteiger partial charge in [-0.05, 0) is 18.2 Å². The van der Waals surface area contributed by atoms with E-state index < -0.39 is 11.7 Å². The zero-order chi connectivity index (χ0) is 11.1. The van der Waals surface area contributed by atoms with Crippen LogP contribution in [-0.4, -0.2) is 17.1 Å². The smallest absolute Gasteiger partial charge is 0.416 e. The molecule has 0 amide bonds. The van der Waals surface area contributed by atoms with Crippen LogP contribution in [0.3, 0.4) is 0 Å². The minimum Gasteiger partial charge on any atom is -0.468 e. The first-order valence-electron chi connectivity index (χ1n) is 4.11. The maximum absolute atomic E-state index is 12.3. The number of alkyl halides is 3. The summed E-state index contributed by atoms with van der Waals surface area (Å²) >= 11 is 0. The average Bonchev–Trinajstić information content (AvgIpc) is 2.57. The van der Waals surface area contributed by atoms with Crippen molar-refractivity contribution in [2.75, 3.05) is 7.11 Å². The number of nitrogens with zero attached hydrogens (tertiary/aromatic N) is 1. The summed E-state index contributed by atoms with van der Waals surface area (Å²) in [7, 11) is 1.39. The molecule has 2 rings (SSSR count). The molecule has 15 heavy (non-hydrogen) atoms. The molecule has 0 atom stereocenters. The van der Waals surface area contributed by atoms with Crippen LogP contribution in [-0.2, 0) is 6.18 Å². The first-order valence-corrected chi connectivity index (χ1v) is 4.11. The molecule has 1 aromatic carbocycles. The topological polar surface area (TPSA) is 37.9 Å². The van der Waals surface area contributed by atoms with Crippen LogP contribution in [0.1, 0.15) is 5.56 Å². The molecule has 0 fully saturated rings. The van der Waals surface area contributed by atoms with E-state index in [4.69, 9.17) is 4.74 Å². The lowest BCUT2D eigenvalue weighted by Gasteiger charge is -2.04. The van der Waals surface area contributed by atoms with E-state index in [0.29, 0.717) is 11.0 Å². The van der Waals surface area contributed by atoms with Gasteiger partial charge in [0.2, 0.25) is 0 Å². The van der Waals surface area contributed by atoms with Crippen LogP contribution < -0.4 is 4.74 Å². The second kappa shape index (κ2) is 3.15. The summed E-state index contributed by atoms with van der Waals surface area (Å²) in [4.78, 5) is 6.53. The van der Waals surface area contributed by atoms with E-state index in [1.807, 2.05) is 0 Å². The number of fused-ring (bicyclic) bond motifs is 1. The fourth-order valence-corrected chi connectivity index (χ4v) is 1.26. The van der Waals surface area contributed by atoms with Gasteiger partial charge in [0.25, 0.3) is 6.01 Å². The lowest BCUT2D eigenvalue weighted by Crippen LogP contribution is -2.04. The molecule has 0 aliphatic carbocycles. The quantitative estimate of drug-likeness (QED) is 0.795. The standard InChI is InChI=1S/C9H7F3N2O/c1-15-8-13-6-3-2-5(9(10,11)12)4-7(6)14-8/h2-4H,1H3,(H,13,14). The molecular weight excluding hydrogens is 209 g/mol. The molecule has 0 aliphatic rings. The summed E-state index contributed by atoms with van der Waals surface area (Å²) in [6.07, 6.45) is -4.34. The monoisotopic (exact) mass is 216 g/mol. The summed E-state index contributed by atoms with van der Waals surface area (Å²) in [6.45, 7) is 0. The zero-order valence-electron chi connectivity index (χ0n) is 7.72. The Labute approximate surface area is 82.9 Å². The maximum atomic E-state index is 12.3. The van der Waals surface area contributed by atoms with Gasteiger partial charge in [0, 0.05) is 0 Å². The van der Waals surface area contributed by atoms with Crippen molar-refractivity contribution >= 4 is 11.0 Å². The number of aromatic nitrogens is 2. The number of benzene rings is 1. The molecule has 0 unspecified atom stereocenters. The van der Waals surface area contributed by atoms with Crippen molar-refractivity contribution in [3.05, 3.63) is 23.8 Å². The molecule has 3 nitrogen and oxygen atoms in total. The Kier molecular flexibility index (Phi) is 2.06. The Bertz CT molecular complexity index is 490. The van der Waals surface area contributed by atoms with E-state index in [1.54, 1.807) is 0 Å². The summed E-state index contributed by atoms with van der Waals surface area (Å²) in [5.74, 6) is 0. The number of aromatic amines is 1. The van der Waals surface area contributed by atoms with Crippen LogP contribution in [0.2, 0.25) is 0 Å². The third-order valence-corrected chi connectivity index (χ3v) is 1.98. The molecule has 0 saturated carbocycles. The van der Waals surface area contributed by atoms with E-state index in [9.17, 15) is 13.2 Å². The van der Waals surface area contributed by atoms with Crippen LogP contribution in [0, 0.1) is 0 Å². The Morgan fingerprint density at radius 2 is 2.07 bits per heavy atom. The third-order valence-electron chi connectivity index (χ3n) is 1.98. The van der Waals surface area contributed by atoms with Gasteiger partial charge in [-0.2, -0.15) is 18.2 Å². The van der Waals surface area contributed by atoms with Crippen molar-refractivity contribution < 1.29 is 17.9 Å². The molecule has 0 aliphatic heterocycles. The number of nitrogens with one attached hydrogen (secondary N) is 1. The lowest BCUT2D eigenvalue weighted by molar-refractivity contribution is -0.137. The average molecular weight is 216 g/mol. The minimum absolute atomic E-state index is 0.198. The van der Waals surface area contributed by atoms with Crippen LogP contribution >= 0.6 is 0 Å². The van der Waals surface area contributed by atoms with Crippen molar-refractivity contribution in [2.45, 2.75) is 6.18 Å². The highest BCUT2D eigenvalue weighted by Crippen LogP contribution is 2.31. The van der Waals surface area contributed by atoms with Crippen molar-refractivity contribution in [3.8, 4) is 6.01 Å².